The van der Waals surface area contributed by atoms with E-state index in [9.17, 15) is 13.6 Å². The molecule has 0 bridgehead atoms. The minimum atomic E-state index is -3.00. The van der Waals surface area contributed by atoms with Gasteiger partial charge in [0.05, 0.1) is 11.7 Å². The fourth-order valence-corrected chi connectivity index (χ4v) is 2.68. The van der Waals surface area contributed by atoms with Gasteiger partial charge in [-0.3, -0.25) is 4.79 Å². The average Bonchev–Trinajstić information content (AvgIpc) is 3.14. The molecule has 1 aliphatic heterocycles. The molecular weight excluding hydrogens is 344 g/mol. The normalized spacial score (nSPS) is 16.5. The van der Waals surface area contributed by atoms with Gasteiger partial charge in [0, 0.05) is 18.4 Å². The van der Waals surface area contributed by atoms with E-state index < -0.39 is 12.5 Å². The van der Waals surface area contributed by atoms with E-state index in [1.165, 1.54) is 18.2 Å². The number of nitrogens with one attached hydrogen (secondary N) is 1. The Morgan fingerprint density at radius 2 is 2.08 bits per heavy atom. The summed E-state index contributed by atoms with van der Waals surface area (Å²) in [6.45, 7) is -1.80. The van der Waals surface area contributed by atoms with Gasteiger partial charge in [-0.25, -0.2) is 0 Å². The van der Waals surface area contributed by atoms with Gasteiger partial charge < -0.3 is 19.5 Å². The number of ether oxygens (including phenoxy) is 3. The molecule has 1 atom stereocenters. The molecule has 1 amide bonds. The molecule has 1 aliphatic rings. The highest BCUT2D eigenvalue weighted by Gasteiger charge is 2.17. The lowest BCUT2D eigenvalue weighted by molar-refractivity contribution is -0.0501. The molecule has 2 aromatic rings. The summed E-state index contributed by atoms with van der Waals surface area (Å²) in [5.74, 6) is -0.126. The molecule has 0 aliphatic carbocycles. The number of anilines is 1. The van der Waals surface area contributed by atoms with E-state index in [0.717, 1.165) is 19.4 Å². The molecule has 0 spiro atoms. The van der Waals surface area contributed by atoms with Crippen LogP contribution in [0.2, 0.25) is 0 Å². The lowest BCUT2D eigenvalue weighted by atomic mass is 10.2. The van der Waals surface area contributed by atoms with Crippen LogP contribution in [-0.4, -0.2) is 31.8 Å². The van der Waals surface area contributed by atoms with Crippen LogP contribution in [0, 0.1) is 0 Å². The Morgan fingerprint density at radius 1 is 1.23 bits per heavy atom. The Labute approximate surface area is 149 Å². The number of halogens is 2. The number of hydrogen-bond donors (Lipinski definition) is 1. The molecule has 1 fully saturated rings. The molecule has 1 unspecified atom stereocenters. The van der Waals surface area contributed by atoms with Crippen LogP contribution in [0.3, 0.4) is 0 Å². The Hall–Kier alpha value is -2.67. The van der Waals surface area contributed by atoms with E-state index in [-0.39, 0.29) is 17.4 Å². The molecule has 26 heavy (non-hydrogen) atoms. The Bertz CT molecular complexity index is 748. The second-order valence-corrected chi connectivity index (χ2v) is 5.80. The van der Waals surface area contributed by atoms with Crippen LogP contribution in [-0.2, 0) is 4.74 Å². The van der Waals surface area contributed by atoms with Crippen LogP contribution in [0.1, 0.15) is 23.2 Å². The molecule has 0 saturated carbocycles. The zero-order valence-corrected chi connectivity index (χ0v) is 14.0. The number of carbonyl (C=O) groups excluding carboxylic acids is 1. The van der Waals surface area contributed by atoms with Crippen molar-refractivity contribution in [3.8, 4) is 11.5 Å². The van der Waals surface area contributed by atoms with Gasteiger partial charge in [-0.1, -0.05) is 18.2 Å². The molecule has 138 valence electrons. The molecule has 7 heteroatoms. The molecule has 2 aromatic carbocycles. The predicted octanol–water partition coefficient (Wildman–Crippen LogP) is 4.10. The monoisotopic (exact) mass is 363 g/mol. The van der Waals surface area contributed by atoms with E-state index in [1.54, 1.807) is 30.3 Å². The van der Waals surface area contributed by atoms with Gasteiger partial charge in [0.25, 0.3) is 5.91 Å². The van der Waals surface area contributed by atoms with Crippen molar-refractivity contribution in [1.29, 1.82) is 0 Å². The van der Waals surface area contributed by atoms with Gasteiger partial charge in [0.1, 0.15) is 18.1 Å². The maximum atomic E-state index is 12.5. The van der Waals surface area contributed by atoms with Crippen molar-refractivity contribution in [3.63, 3.8) is 0 Å². The van der Waals surface area contributed by atoms with Crippen molar-refractivity contribution in [2.24, 2.45) is 0 Å². The standard InChI is InChI=1S/C19H19F2NO4/c20-19(21)26-17-9-2-1-8-16(17)18(23)22-13-5-3-6-14(11-13)25-12-15-7-4-10-24-15/h1-3,5-6,8-9,11,15,19H,4,7,10,12H2,(H,22,23). The molecule has 1 saturated heterocycles. The van der Waals surface area contributed by atoms with Gasteiger partial charge in [-0.15, -0.1) is 0 Å². The maximum absolute atomic E-state index is 12.5. The van der Waals surface area contributed by atoms with Crippen molar-refractivity contribution in [2.45, 2.75) is 25.6 Å². The molecule has 1 heterocycles. The molecule has 5 nitrogen and oxygen atoms in total. The number of benzene rings is 2. The smallest absolute Gasteiger partial charge is 0.387 e. The summed E-state index contributed by atoms with van der Waals surface area (Å²) in [5.41, 5.74) is 0.519. The first-order valence-electron chi connectivity index (χ1n) is 8.31. The molecule has 1 N–H and O–H groups in total. The van der Waals surface area contributed by atoms with Gasteiger partial charge in [-0.2, -0.15) is 8.78 Å². The van der Waals surface area contributed by atoms with Crippen molar-refractivity contribution in [1.82, 2.24) is 0 Å². The SMILES string of the molecule is O=C(Nc1cccc(OCC2CCCO2)c1)c1ccccc1OC(F)F. The van der Waals surface area contributed by atoms with Crippen molar-refractivity contribution in [2.75, 3.05) is 18.5 Å². The van der Waals surface area contributed by atoms with Gasteiger partial charge in [0.2, 0.25) is 0 Å². The Morgan fingerprint density at radius 3 is 2.85 bits per heavy atom. The fourth-order valence-electron chi connectivity index (χ4n) is 2.68. The highest BCUT2D eigenvalue weighted by molar-refractivity contribution is 6.06. The third-order valence-corrected chi connectivity index (χ3v) is 3.90. The molecule has 0 aromatic heterocycles. The van der Waals surface area contributed by atoms with Crippen LogP contribution in [0.15, 0.2) is 48.5 Å². The first kappa shape index (κ1) is 18.1. The highest BCUT2D eigenvalue weighted by atomic mass is 19.3. The van der Waals surface area contributed by atoms with E-state index >= 15 is 0 Å². The number of amides is 1. The average molecular weight is 363 g/mol. The third kappa shape index (κ3) is 4.92. The topological polar surface area (TPSA) is 56.8 Å². The van der Waals surface area contributed by atoms with Gasteiger partial charge in [0.15, 0.2) is 0 Å². The minimum absolute atomic E-state index is 0.0264. The van der Waals surface area contributed by atoms with Gasteiger partial charge in [-0.05, 0) is 37.1 Å². The van der Waals surface area contributed by atoms with Crippen LogP contribution >= 0.6 is 0 Å². The number of alkyl halides is 2. The van der Waals surface area contributed by atoms with Crippen molar-refractivity contribution in [3.05, 3.63) is 54.1 Å². The van der Waals surface area contributed by atoms with Crippen LogP contribution in [0.25, 0.3) is 0 Å². The molecule has 3 rings (SSSR count). The first-order chi connectivity index (χ1) is 12.6. The summed E-state index contributed by atoms with van der Waals surface area (Å²) in [6.07, 6.45) is 2.09. The second kappa shape index (κ2) is 8.62. The quantitative estimate of drug-likeness (QED) is 0.805. The summed E-state index contributed by atoms with van der Waals surface area (Å²) >= 11 is 0. The largest absolute Gasteiger partial charge is 0.491 e. The van der Waals surface area contributed by atoms with E-state index in [1.807, 2.05) is 0 Å². The zero-order chi connectivity index (χ0) is 18.4. The maximum Gasteiger partial charge on any atom is 0.387 e. The summed E-state index contributed by atoms with van der Waals surface area (Å²) in [7, 11) is 0. The van der Waals surface area contributed by atoms with Crippen molar-refractivity contribution < 1.29 is 27.8 Å². The van der Waals surface area contributed by atoms with Crippen LogP contribution < -0.4 is 14.8 Å². The Balaban J connectivity index is 1.65. The first-order valence-corrected chi connectivity index (χ1v) is 8.31. The summed E-state index contributed by atoms with van der Waals surface area (Å²) < 4.78 is 40.5. The number of hydrogen-bond acceptors (Lipinski definition) is 4. The summed E-state index contributed by atoms with van der Waals surface area (Å²) in [5, 5.41) is 2.67. The number of rotatable bonds is 7. The van der Waals surface area contributed by atoms with E-state index in [4.69, 9.17) is 9.47 Å². The zero-order valence-electron chi connectivity index (χ0n) is 14.0. The number of carbonyl (C=O) groups is 1. The highest BCUT2D eigenvalue weighted by Crippen LogP contribution is 2.23. The second-order valence-electron chi connectivity index (χ2n) is 5.80. The fraction of sp³-hybridized carbons (Fsp3) is 0.316. The number of para-hydroxylation sites is 1. The van der Waals surface area contributed by atoms with Crippen molar-refractivity contribution >= 4 is 11.6 Å². The Kier molecular flexibility index (Phi) is 6.01. The minimum Gasteiger partial charge on any atom is -0.491 e. The van der Waals surface area contributed by atoms with Gasteiger partial charge >= 0.3 is 6.61 Å². The lowest BCUT2D eigenvalue weighted by Gasteiger charge is -2.13. The lowest BCUT2D eigenvalue weighted by Crippen LogP contribution is -2.17. The molecular formula is C19H19F2NO4. The van der Waals surface area contributed by atoms with Crippen LogP contribution in [0.4, 0.5) is 14.5 Å². The predicted molar refractivity (Wildman–Crippen MR) is 91.9 cm³/mol. The van der Waals surface area contributed by atoms with E-state index in [2.05, 4.69) is 10.1 Å². The van der Waals surface area contributed by atoms with Crippen LogP contribution in [0.5, 0.6) is 11.5 Å². The summed E-state index contributed by atoms with van der Waals surface area (Å²) in [6, 6.07) is 12.7. The third-order valence-electron chi connectivity index (χ3n) is 3.90. The van der Waals surface area contributed by atoms with E-state index in [0.29, 0.717) is 18.0 Å². The molecule has 0 radical (unpaired) electrons. The summed E-state index contributed by atoms with van der Waals surface area (Å²) in [4.78, 5) is 12.4.